The third kappa shape index (κ3) is 3.12. The van der Waals surface area contributed by atoms with Gasteiger partial charge in [0, 0.05) is 25.0 Å². The standard InChI is InChI=1S/C13H19N3O/c1-15-13(17)11-5-4-10(14)8-12(11)16-7-6-9-2-3-9/h4-5,8-9,16H,2-3,6-7,14H2,1H3,(H,15,17). The maximum atomic E-state index is 11.7. The minimum Gasteiger partial charge on any atom is -0.399 e. The van der Waals surface area contributed by atoms with Crippen LogP contribution in [0.5, 0.6) is 0 Å². The fourth-order valence-corrected chi connectivity index (χ4v) is 1.86. The Labute approximate surface area is 102 Å². The lowest BCUT2D eigenvalue weighted by atomic mass is 10.1. The second kappa shape index (κ2) is 5.08. The zero-order chi connectivity index (χ0) is 12.3. The molecule has 4 nitrogen and oxygen atoms in total. The van der Waals surface area contributed by atoms with E-state index in [2.05, 4.69) is 10.6 Å². The molecule has 17 heavy (non-hydrogen) atoms. The van der Waals surface area contributed by atoms with E-state index in [1.807, 2.05) is 6.07 Å². The Kier molecular flexibility index (Phi) is 3.52. The van der Waals surface area contributed by atoms with Crippen molar-refractivity contribution in [3.8, 4) is 0 Å². The van der Waals surface area contributed by atoms with Crippen LogP contribution in [-0.2, 0) is 0 Å². The summed E-state index contributed by atoms with van der Waals surface area (Å²) in [5.41, 5.74) is 7.89. The van der Waals surface area contributed by atoms with E-state index in [9.17, 15) is 4.79 Å². The molecule has 1 amide bonds. The molecule has 1 fully saturated rings. The Morgan fingerprint density at radius 1 is 1.47 bits per heavy atom. The third-order valence-corrected chi connectivity index (χ3v) is 3.08. The fraction of sp³-hybridized carbons (Fsp3) is 0.462. The van der Waals surface area contributed by atoms with E-state index in [1.165, 1.54) is 19.3 Å². The highest BCUT2D eigenvalue weighted by atomic mass is 16.1. The van der Waals surface area contributed by atoms with Crippen LogP contribution in [0.4, 0.5) is 11.4 Å². The Hall–Kier alpha value is -1.71. The monoisotopic (exact) mass is 233 g/mol. The number of amides is 1. The molecule has 1 aliphatic rings. The van der Waals surface area contributed by atoms with Gasteiger partial charge in [-0.3, -0.25) is 4.79 Å². The number of nitrogens with two attached hydrogens (primary N) is 1. The van der Waals surface area contributed by atoms with Crippen LogP contribution in [-0.4, -0.2) is 19.5 Å². The van der Waals surface area contributed by atoms with Crippen molar-refractivity contribution in [1.29, 1.82) is 0 Å². The summed E-state index contributed by atoms with van der Waals surface area (Å²) in [6.45, 7) is 0.901. The number of rotatable bonds is 5. The maximum absolute atomic E-state index is 11.7. The first-order valence-corrected chi connectivity index (χ1v) is 6.06. The van der Waals surface area contributed by atoms with Crippen molar-refractivity contribution in [2.75, 3.05) is 24.6 Å². The number of nitrogens with one attached hydrogen (secondary N) is 2. The number of anilines is 2. The van der Waals surface area contributed by atoms with Crippen molar-refractivity contribution in [2.24, 2.45) is 5.92 Å². The van der Waals surface area contributed by atoms with Gasteiger partial charge in [0.25, 0.3) is 5.91 Å². The SMILES string of the molecule is CNC(=O)c1ccc(N)cc1NCCC1CC1. The molecule has 2 rings (SSSR count). The van der Waals surface area contributed by atoms with E-state index in [0.717, 1.165) is 18.2 Å². The largest absolute Gasteiger partial charge is 0.399 e. The number of hydrogen-bond acceptors (Lipinski definition) is 3. The van der Waals surface area contributed by atoms with Gasteiger partial charge in [0.1, 0.15) is 0 Å². The molecule has 0 bridgehead atoms. The molecule has 1 saturated carbocycles. The van der Waals surface area contributed by atoms with E-state index < -0.39 is 0 Å². The van der Waals surface area contributed by atoms with Crippen LogP contribution in [0.15, 0.2) is 18.2 Å². The number of hydrogen-bond donors (Lipinski definition) is 3. The van der Waals surface area contributed by atoms with E-state index in [1.54, 1.807) is 19.2 Å². The average Bonchev–Trinajstić information content (AvgIpc) is 3.12. The van der Waals surface area contributed by atoms with E-state index in [4.69, 9.17) is 5.73 Å². The van der Waals surface area contributed by atoms with Crippen LogP contribution in [0.25, 0.3) is 0 Å². The van der Waals surface area contributed by atoms with Crippen molar-refractivity contribution in [3.05, 3.63) is 23.8 Å². The van der Waals surface area contributed by atoms with Gasteiger partial charge in [0.2, 0.25) is 0 Å². The molecular weight excluding hydrogens is 214 g/mol. The molecule has 0 radical (unpaired) electrons. The summed E-state index contributed by atoms with van der Waals surface area (Å²) >= 11 is 0. The zero-order valence-electron chi connectivity index (χ0n) is 10.1. The molecule has 0 heterocycles. The van der Waals surface area contributed by atoms with Crippen molar-refractivity contribution in [3.63, 3.8) is 0 Å². The Balaban J connectivity index is 2.05. The first-order chi connectivity index (χ1) is 8.20. The molecule has 0 atom stereocenters. The molecule has 0 aliphatic heterocycles. The van der Waals surface area contributed by atoms with Crippen molar-refractivity contribution < 1.29 is 4.79 Å². The van der Waals surface area contributed by atoms with Crippen LogP contribution >= 0.6 is 0 Å². The van der Waals surface area contributed by atoms with Gasteiger partial charge >= 0.3 is 0 Å². The predicted octanol–water partition coefficient (Wildman–Crippen LogP) is 1.84. The molecule has 1 aliphatic carbocycles. The van der Waals surface area contributed by atoms with E-state index in [-0.39, 0.29) is 5.91 Å². The van der Waals surface area contributed by atoms with Crippen LogP contribution in [0.1, 0.15) is 29.6 Å². The summed E-state index contributed by atoms with van der Waals surface area (Å²) in [6.07, 6.45) is 3.86. The van der Waals surface area contributed by atoms with Gasteiger partial charge in [-0.2, -0.15) is 0 Å². The second-order valence-corrected chi connectivity index (χ2v) is 4.54. The highest BCUT2D eigenvalue weighted by Crippen LogP contribution is 2.32. The highest BCUT2D eigenvalue weighted by molar-refractivity contribution is 6.00. The summed E-state index contributed by atoms with van der Waals surface area (Å²) in [4.78, 5) is 11.7. The second-order valence-electron chi connectivity index (χ2n) is 4.54. The van der Waals surface area contributed by atoms with Crippen molar-refractivity contribution in [1.82, 2.24) is 5.32 Å². The van der Waals surface area contributed by atoms with Gasteiger partial charge in [-0.25, -0.2) is 0 Å². The molecule has 1 aromatic rings. The van der Waals surface area contributed by atoms with Gasteiger partial charge in [-0.05, 0) is 30.5 Å². The Morgan fingerprint density at radius 3 is 2.88 bits per heavy atom. The average molecular weight is 233 g/mol. The molecule has 0 unspecified atom stereocenters. The topological polar surface area (TPSA) is 67.2 Å². The smallest absolute Gasteiger partial charge is 0.253 e. The first kappa shape index (κ1) is 11.8. The number of nitrogen functional groups attached to an aromatic ring is 1. The van der Waals surface area contributed by atoms with Gasteiger partial charge in [-0.15, -0.1) is 0 Å². The van der Waals surface area contributed by atoms with Crippen LogP contribution < -0.4 is 16.4 Å². The van der Waals surface area contributed by atoms with Crippen LogP contribution in [0.3, 0.4) is 0 Å². The number of carbonyl (C=O) groups excluding carboxylic acids is 1. The summed E-state index contributed by atoms with van der Waals surface area (Å²) in [7, 11) is 1.63. The third-order valence-electron chi connectivity index (χ3n) is 3.08. The molecule has 4 N–H and O–H groups in total. The normalized spacial score (nSPS) is 14.4. The quantitative estimate of drug-likeness (QED) is 0.680. The van der Waals surface area contributed by atoms with Gasteiger partial charge in [0.05, 0.1) is 5.56 Å². The van der Waals surface area contributed by atoms with Gasteiger partial charge in [0.15, 0.2) is 0 Å². The lowest BCUT2D eigenvalue weighted by Crippen LogP contribution is -2.20. The summed E-state index contributed by atoms with van der Waals surface area (Å²) in [6, 6.07) is 5.32. The van der Waals surface area contributed by atoms with Gasteiger partial charge in [-0.1, -0.05) is 12.8 Å². The van der Waals surface area contributed by atoms with Gasteiger partial charge < -0.3 is 16.4 Å². The van der Waals surface area contributed by atoms with Crippen LogP contribution in [0, 0.1) is 5.92 Å². The summed E-state index contributed by atoms with van der Waals surface area (Å²) in [5.74, 6) is 0.797. The Bertz CT molecular complexity index is 413. The van der Waals surface area contributed by atoms with Crippen LogP contribution in [0.2, 0.25) is 0 Å². The van der Waals surface area contributed by atoms with E-state index in [0.29, 0.717) is 11.3 Å². The molecule has 0 saturated heterocycles. The fourth-order valence-electron chi connectivity index (χ4n) is 1.86. The zero-order valence-corrected chi connectivity index (χ0v) is 10.1. The molecule has 92 valence electrons. The minimum atomic E-state index is -0.0843. The number of carbonyl (C=O) groups is 1. The first-order valence-electron chi connectivity index (χ1n) is 6.06. The summed E-state index contributed by atoms with van der Waals surface area (Å²) in [5, 5.41) is 5.93. The highest BCUT2D eigenvalue weighted by Gasteiger charge is 2.20. The van der Waals surface area contributed by atoms with Crippen molar-refractivity contribution >= 4 is 17.3 Å². The molecule has 0 aromatic heterocycles. The minimum absolute atomic E-state index is 0.0843. The molecular formula is C13H19N3O. The molecule has 0 spiro atoms. The maximum Gasteiger partial charge on any atom is 0.253 e. The number of benzene rings is 1. The molecule has 1 aromatic carbocycles. The predicted molar refractivity (Wildman–Crippen MR) is 70.1 cm³/mol. The van der Waals surface area contributed by atoms with E-state index >= 15 is 0 Å². The Morgan fingerprint density at radius 2 is 2.24 bits per heavy atom. The molecule has 4 heteroatoms. The summed E-state index contributed by atoms with van der Waals surface area (Å²) < 4.78 is 0. The van der Waals surface area contributed by atoms with Crippen molar-refractivity contribution in [2.45, 2.75) is 19.3 Å². The lowest BCUT2D eigenvalue weighted by Gasteiger charge is -2.11. The lowest BCUT2D eigenvalue weighted by molar-refractivity contribution is 0.0964.